The zero-order valence-corrected chi connectivity index (χ0v) is 18.3. The van der Waals surface area contributed by atoms with Gasteiger partial charge in [0.25, 0.3) is 0 Å². The summed E-state index contributed by atoms with van der Waals surface area (Å²) in [6.45, 7) is 1.34. The monoisotopic (exact) mass is 454 g/mol. The first-order valence-corrected chi connectivity index (χ1v) is 12.7. The van der Waals surface area contributed by atoms with Gasteiger partial charge in [0.1, 0.15) is 6.54 Å². The van der Waals surface area contributed by atoms with E-state index in [0.29, 0.717) is 17.1 Å². The lowest BCUT2D eigenvalue weighted by atomic mass is 10.1. The number of benzene rings is 2. The predicted molar refractivity (Wildman–Crippen MR) is 111 cm³/mol. The Balaban J connectivity index is 1.73. The van der Waals surface area contributed by atoms with Crippen molar-refractivity contribution in [3.05, 3.63) is 48.0 Å². The number of fused-ring (bicyclic) bond motifs is 1. The van der Waals surface area contributed by atoms with Crippen LogP contribution in [-0.2, 0) is 24.7 Å². The normalized spacial score (nSPS) is 14.2. The van der Waals surface area contributed by atoms with Crippen LogP contribution in [0.25, 0.3) is 0 Å². The molecule has 2 aromatic carbocycles. The third kappa shape index (κ3) is 5.03. The molecule has 1 N–H and O–H groups in total. The molecule has 30 heavy (non-hydrogen) atoms. The van der Waals surface area contributed by atoms with Crippen molar-refractivity contribution in [1.29, 1.82) is 0 Å². The maximum absolute atomic E-state index is 12.5. The molecule has 162 valence electrons. The topological polar surface area (TPSA) is 119 Å². The highest BCUT2D eigenvalue weighted by Gasteiger charge is 2.24. The number of ether oxygens (including phenoxy) is 2. The van der Waals surface area contributed by atoms with Gasteiger partial charge in [-0.15, -0.1) is 0 Å². The zero-order chi connectivity index (χ0) is 22.1. The van der Waals surface area contributed by atoms with Crippen LogP contribution >= 0.6 is 0 Å². The second-order valence-electron chi connectivity index (χ2n) is 6.94. The Kier molecular flexibility index (Phi) is 5.95. The molecule has 0 saturated heterocycles. The first-order chi connectivity index (χ1) is 13.9. The van der Waals surface area contributed by atoms with Gasteiger partial charge in [0.05, 0.1) is 22.9 Å². The highest BCUT2D eigenvalue weighted by atomic mass is 32.2. The third-order valence-electron chi connectivity index (χ3n) is 4.52. The summed E-state index contributed by atoms with van der Waals surface area (Å²) in [7, 11) is -7.06. The summed E-state index contributed by atoms with van der Waals surface area (Å²) < 4.78 is 59.1. The van der Waals surface area contributed by atoms with Crippen LogP contribution in [0, 0.1) is 0 Å². The van der Waals surface area contributed by atoms with Crippen LogP contribution in [0.5, 0.6) is 11.5 Å². The average molecular weight is 455 g/mol. The van der Waals surface area contributed by atoms with Gasteiger partial charge >= 0.3 is 0 Å². The van der Waals surface area contributed by atoms with E-state index in [-0.39, 0.29) is 17.4 Å². The molecule has 1 atom stereocenters. The highest BCUT2D eigenvalue weighted by molar-refractivity contribution is 7.92. The number of hydrogen-bond acceptors (Lipinski definition) is 7. The Morgan fingerprint density at radius 1 is 1.03 bits per heavy atom. The minimum absolute atomic E-state index is 0.0494. The third-order valence-corrected chi connectivity index (χ3v) is 6.79. The summed E-state index contributed by atoms with van der Waals surface area (Å²) in [5, 5.41) is 2.73. The molecule has 1 amide bonds. The maximum atomic E-state index is 12.5. The smallest absolute Gasteiger partial charge is 0.241 e. The van der Waals surface area contributed by atoms with E-state index in [9.17, 15) is 21.6 Å². The van der Waals surface area contributed by atoms with E-state index in [1.54, 1.807) is 25.1 Å². The first-order valence-electron chi connectivity index (χ1n) is 8.92. The molecule has 1 aliphatic heterocycles. The summed E-state index contributed by atoms with van der Waals surface area (Å²) in [5.74, 6) is 0.390. The van der Waals surface area contributed by atoms with Gasteiger partial charge in [0.2, 0.25) is 22.7 Å². The number of amides is 1. The maximum Gasteiger partial charge on any atom is 0.241 e. The molecule has 11 heteroatoms. The lowest BCUT2D eigenvalue weighted by molar-refractivity contribution is -0.120. The van der Waals surface area contributed by atoms with Crippen LogP contribution in [0.3, 0.4) is 0 Å². The standard InChI is InChI=1S/C19H22N2O7S2/c1-13(14-4-7-16(8-5-14)29(2,23)24)20-19(22)11-21(30(3,25)26)15-6-9-17-18(10-15)28-12-27-17/h4-10,13H,11-12H2,1-3H3,(H,20,22)/t13-/m0/s1. The number of anilines is 1. The van der Waals surface area contributed by atoms with Gasteiger partial charge < -0.3 is 14.8 Å². The van der Waals surface area contributed by atoms with Gasteiger partial charge in [-0.3, -0.25) is 9.10 Å². The van der Waals surface area contributed by atoms with E-state index in [0.717, 1.165) is 16.8 Å². The van der Waals surface area contributed by atoms with Crippen molar-refractivity contribution in [2.75, 3.05) is 30.2 Å². The van der Waals surface area contributed by atoms with Crippen LogP contribution in [0.4, 0.5) is 5.69 Å². The van der Waals surface area contributed by atoms with Crippen LogP contribution < -0.4 is 19.1 Å². The van der Waals surface area contributed by atoms with E-state index in [1.165, 1.54) is 24.3 Å². The van der Waals surface area contributed by atoms with Crippen LogP contribution in [-0.4, -0.2) is 48.6 Å². The van der Waals surface area contributed by atoms with Crippen LogP contribution in [0.15, 0.2) is 47.4 Å². The zero-order valence-electron chi connectivity index (χ0n) is 16.7. The molecule has 9 nitrogen and oxygen atoms in total. The van der Waals surface area contributed by atoms with Gasteiger partial charge in [-0.05, 0) is 36.8 Å². The predicted octanol–water partition coefficient (Wildman–Crippen LogP) is 1.46. The molecule has 0 bridgehead atoms. The summed E-state index contributed by atoms with van der Waals surface area (Å²) in [6.07, 6.45) is 2.13. The van der Waals surface area contributed by atoms with Crippen molar-refractivity contribution in [3.63, 3.8) is 0 Å². The minimum Gasteiger partial charge on any atom is -0.454 e. The molecule has 0 aromatic heterocycles. The number of sulfonamides is 1. The van der Waals surface area contributed by atoms with Crippen LogP contribution in [0.2, 0.25) is 0 Å². The van der Waals surface area contributed by atoms with Gasteiger partial charge in [0.15, 0.2) is 21.3 Å². The second-order valence-corrected chi connectivity index (χ2v) is 10.9. The fourth-order valence-electron chi connectivity index (χ4n) is 2.94. The van der Waals surface area contributed by atoms with E-state index >= 15 is 0 Å². The number of carbonyl (C=O) groups is 1. The molecule has 3 rings (SSSR count). The van der Waals surface area contributed by atoms with Gasteiger partial charge in [-0.1, -0.05) is 12.1 Å². The van der Waals surface area contributed by atoms with Crippen molar-refractivity contribution in [2.24, 2.45) is 0 Å². The van der Waals surface area contributed by atoms with Gasteiger partial charge in [0, 0.05) is 12.3 Å². The summed E-state index contributed by atoms with van der Waals surface area (Å²) in [5.41, 5.74) is 0.965. The number of nitrogens with one attached hydrogen (secondary N) is 1. The fraction of sp³-hybridized carbons (Fsp3) is 0.316. The Bertz CT molecular complexity index is 1160. The first kappa shape index (κ1) is 21.9. The SMILES string of the molecule is C[C@H](NC(=O)CN(c1ccc2c(c1)OCO2)S(C)(=O)=O)c1ccc(S(C)(=O)=O)cc1. The Morgan fingerprint density at radius 3 is 2.27 bits per heavy atom. The lowest BCUT2D eigenvalue weighted by Crippen LogP contribution is -2.41. The van der Waals surface area contributed by atoms with Crippen LogP contribution in [0.1, 0.15) is 18.5 Å². The second kappa shape index (κ2) is 8.15. The Morgan fingerprint density at radius 2 is 1.67 bits per heavy atom. The van der Waals surface area contributed by atoms with E-state index < -0.39 is 38.4 Å². The highest BCUT2D eigenvalue weighted by Crippen LogP contribution is 2.36. The van der Waals surface area contributed by atoms with Gasteiger partial charge in [-0.2, -0.15) is 0 Å². The average Bonchev–Trinajstić information content (AvgIpc) is 3.12. The largest absolute Gasteiger partial charge is 0.454 e. The lowest BCUT2D eigenvalue weighted by Gasteiger charge is -2.23. The molecule has 0 unspecified atom stereocenters. The van der Waals surface area contributed by atoms with E-state index in [4.69, 9.17) is 9.47 Å². The molecular weight excluding hydrogens is 432 g/mol. The molecule has 0 radical (unpaired) electrons. The van der Waals surface area contributed by atoms with Crippen molar-refractivity contribution in [2.45, 2.75) is 17.9 Å². The van der Waals surface area contributed by atoms with Crippen molar-refractivity contribution in [1.82, 2.24) is 5.32 Å². The summed E-state index contributed by atoms with van der Waals surface area (Å²) >= 11 is 0. The number of hydrogen-bond donors (Lipinski definition) is 1. The molecule has 2 aromatic rings. The molecule has 0 saturated carbocycles. The van der Waals surface area contributed by atoms with Gasteiger partial charge in [-0.25, -0.2) is 16.8 Å². The van der Waals surface area contributed by atoms with E-state index in [1.807, 2.05) is 0 Å². The molecule has 0 fully saturated rings. The quantitative estimate of drug-likeness (QED) is 0.673. The molecule has 1 aliphatic rings. The van der Waals surface area contributed by atoms with Crippen molar-refractivity contribution < 1.29 is 31.1 Å². The van der Waals surface area contributed by atoms with Crippen molar-refractivity contribution in [3.8, 4) is 11.5 Å². The Hall–Kier alpha value is -2.79. The van der Waals surface area contributed by atoms with Crippen molar-refractivity contribution >= 4 is 31.5 Å². The number of sulfone groups is 1. The number of nitrogens with zero attached hydrogens (tertiary/aromatic N) is 1. The minimum atomic E-state index is -3.74. The fourth-order valence-corrected chi connectivity index (χ4v) is 4.42. The number of carbonyl (C=O) groups excluding carboxylic acids is 1. The molecule has 0 spiro atoms. The summed E-state index contributed by atoms with van der Waals surface area (Å²) in [6, 6.07) is 10.3. The molecular formula is C19H22N2O7S2. The van der Waals surface area contributed by atoms with E-state index in [2.05, 4.69) is 5.32 Å². The Labute approximate surface area is 175 Å². The molecule has 0 aliphatic carbocycles. The summed E-state index contributed by atoms with van der Waals surface area (Å²) in [4.78, 5) is 12.7. The number of rotatable bonds is 7. The molecule has 1 heterocycles.